The minimum atomic E-state index is -3.13. The molecular formula is C36H30Cl2O2Si2U. The van der Waals surface area contributed by atoms with Gasteiger partial charge in [-0.1, -0.05) is 213 Å². The maximum absolute atomic E-state index is 13.8. The summed E-state index contributed by atoms with van der Waals surface area (Å²) in [5.41, 5.74) is 0. The van der Waals surface area contributed by atoms with E-state index in [9.17, 15) is 9.59 Å². The van der Waals surface area contributed by atoms with Crippen molar-refractivity contribution in [3.63, 3.8) is 0 Å². The molecule has 0 amide bonds. The Morgan fingerprint density at radius 3 is 0.488 bits per heavy atom. The van der Waals surface area contributed by atoms with Crippen LogP contribution in [0.3, 0.4) is 0 Å². The molecule has 7 heteroatoms. The van der Waals surface area contributed by atoms with E-state index in [0.717, 1.165) is 31.1 Å². The fraction of sp³-hybridized carbons (Fsp3) is 0. The fourth-order valence-electron chi connectivity index (χ4n) is 5.04. The molecule has 0 saturated heterocycles. The monoisotopic (exact) mass is 858 g/mol. The smallest absolute Gasteiger partial charge is 1.00 e. The second kappa shape index (κ2) is 17.6. The summed E-state index contributed by atoms with van der Waals surface area (Å²) in [4.78, 5) is 27.7. The summed E-state index contributed by atoms with van der Waals surface area (Å²) in [5.74, 6) is 0. The number of halogens is 2. The summed E-state index contributed by atoms with van der Waals surface area (Å²) in [6, 6.07) is 58.6. The second-order valence-electron chi connectivity index (χ2n) is 9.56. The molecule has 0 unspecified atom stereocenters. The van der Waals surface area contributed by atoms with Gasteiger partial charge in [-0.05, 0) is 0 Å². The van der Waals surface area contributed by atoms with Gasteiger partial charge < -0.3 is 34.4 Å². The maximum atomic E-state index is 13.8. The van der Waals surface area contributed by atoms with E-state index in [0.29, 0.717) is 0 Å². The van der Waals surface area contributed by atoms with Crippen LogP contribution in [0.2, 0.25) is 0 Å². The van der Waals surface area contributed by atoms with E-state index in [1.165, 1.54) is 0 Å². The van der Waals surface area contributed by atoms with Crippen LogP contribution in [0.25, 0.3) is 0 Å². The van der Waals surface area contributed by atoms with Crippen LogP contribution in [-0.2, 0) is 0 Å². The van der Waals surface area contributed by atoms with Crippen LogP contribution in [-0.4, -0.2) is 16.6 Å². The summed E-state index contributed by atoms with van der Waals surface area (Å²) in [7, 11) is -6.26. The summed E-state index contributed by atoms with van der Waals surface area (Å²) in [6.45, 7) is 0. The van der Waals surface area contributed by atoms with E-state index in [1.807, 2.05) is 182 Å². The molecule has 43 heavy (non-hydrogen) atoms. The second-order valence-corrected chi connectivity index (χ2v) is 15.7. The van der Waals surface area contributed by atoms with Gasteiger partial charge in [0.25, 0.3) is 0 Å². The Labute approximate surface area is 293 Å². The van der Waals surface area contributed by atoms with Gasteiger partial charge in [-0.25, -0.2) is 0 Å². The molecule has 0 aromatic heterocycles. The Morgan fingerprint density at radius 2 is 0.372 bits per heavy atom. The van der Waals surface area contributed by atoms with Gasteiger partial charge in [0.15, 0.2) is 0 Å². The third-order valence-corrected chi connectivity index (χ3v) is 14.0. The molecule has 0 saturated carbocycles. The predicted molar refractivity (Wildman–Crippen MR) is 168 cm³/mol. The molecule has 0 N–H and O–H groups in total. The predicted octanol–water partition coefficient (Wildman–Crippen LogP) is -3.96. The largest absolute Gasteiger partial charge is 4.00 e. The molecule has 0 heterocycles. The van der Waals surface area contributed by atoms with Crippen molar-refractivity contribution in [3.8, 4) is 0 Å². The number of rotatable bonds is 6. The standard InChI is InChI=1S/2C18H15OSi.2ClH.U/c2*19-20(16-10-4-1-5-11-16,17-12-6-2-7-13-17)18-14-8-3-9-15-18;;;/h2*1-15H;2*1H;/q2*-1;;;+4/p-2. The van der Waals surface area contributed by atoms with Crippen molar-refractivity contribution in [1.82, 2.24) is 0 Å². The Morgan fingerprint density at radius 1 is 0.256 bits per heavy atom. The first kappa shape index (κ1) is 36.5. The SMILES string of the molecule is [Cl-].[Cl-].[O-][Si](c1ccccc1)(c1ccccc1)c1ccccc1.[O-][Si](c1ccccc1)(c1ccccc1)c1ccccc1.[U+4]. The van der Waals surface area contributed by atoms with Crippen LogP contribution < -0.4 is 65.5 Å². The Bertz CT molecular complexity index is 1280. The molecule has 0 atom stereocenters. The first-order valence-electron chi connectivity index (χ1n) is 13.4. The molecule has 6 aromatic rings. The van der Waals surface area contributed by atoms with Gasteiger partial charge in [0.1, 0.15) is 0 Å². The topological polar surface area (TPSA) is 46.1 Å². The van der Waals surface area contributed by atoms with Crippen molar-refractivity contribution < 1.29 is 65.5 Å². The summed E-state index contributed by atoms with van der Waals surface area (Å²) >= 11 is 0. The molecule has 0 aliphatic heterocycles. The van der Waals surface area contributed by atoms with Crippen molar-refractivity contribution in [3.05, 3.63) is 182 Å². The minimum Gasteiger partial charge on any atom is -1.00 e. The van der Waals surface area contributed by atoms with Crippen molar-refractivity contribution in [2.24, 2.45) is 0 Å². The van der Waals surface area contributed by atoms with Gasteiger partial charge >= 0.3 is 31.1 Å². The average molecular weight is 860 g/mol. The molecule has 0 radical (unpaired) electrons. The van der Waals surface area contributed by atoms with Crippen LogP contribution in [0.15, 0.2) is 182 Å². The van der Waals surface area contributed by atoms with Crippen LogP contribution in [0, 0.1) is 31.1 Å². The van der Waals surface area contributed by atoms with E-state index < -0.39 is 16.6 Å². The normalized spacial score (nSPS) is 10.5. The Hall–Kier alpha value is -2.69. The van der Waals surface area contributed by atoms with Gasteiger partial charge in [-0.2, -0.15) is 0 Å². The molecule has 6 rings (SSSR count). The number of benzene rings is 6. The third kappa shape index (κ3) is 8.27. The molecule has 0 fully saturated rings. The van der Waals surface area contributed by atoms with Gasteiger partial charge in [0, 0.05) is 0 Å². The van der Waals surface area contributed by atoms with Crippen LogP contribution in [0.4, 0.5) is 0 Å². The molecular weight excluding hydrogens is 830 g/mol. The molecule has 6 aromatic carbocycles. The zero-order chi connectivity index (χ0) is 27.7. The van der Waals surface area contributed by atoms with E-state index in [2.05, 4.69) is 0 Å². The van der Waals surface area contributed by atoms with E-state index >= 15 is 0 Å². The zero-order valence-corrected chi connectivity index (χ0v) is 31.1. The molecule has 2 nitrogen and oxygen atoms in total. The van der Waals surface area contributed by atoms with E-state index in [-0.39, 0.29) is 55.9 Å². The third-order valence-electron chi connectivity index (χ3n) is 7.08. The first-order chi connectivity index (χ1) is 19.6. The molecule has 212 valence electrons. The van der Waals surface area contributed by atoms with Crippen LogP contribution >= 0.6 is 0 Å². The van der Waals surface area contributed by atoms with Crippen molar-refractivity contribution in [2.45, 2.75) is 0 Å². The fourth-order valence-corrected chi connectivity index (χ4v) is 11.0. The molecule has 0 spiro atoms. The van der Waals surface area contributed by atoms with Crippen LogP contribution in [0.1, 0.15) is 0 Å². The van der Waals surface area contributed by atoms with Gasteiger partial charge in [0.2, 0.25) is 0 Å². The Kier molecular flexibility index (Phi) is 14.9. The summed E-state index contributed by atoms with van der Waals surface area (Å²) in [5, 5.41) is 5.40. The van der Waals surface area contributed by atoms with E-state index in [4.69, 9.17) is 0 Å². The van der Waals surface area contributed by atoms with Crippen molar-refractivity contribution in [1.29, 1.82) is 0 Å². The summed E-state index contributed by atoms with van der Waals surface area (Å²) in [6.07, 6.45) is 0. The molecule has 0 bridgehead atoms. The van der Waals surface area contributed by atoms with Gasteiger partial charge in [-0.15, -0.1) is 0 Å². The zero-order valence-electron chi connectivity index (χ0n) is 23.4. The first-order valence-corrected chi connectivity index (χ1v) is 17.2. The summed E-state index contributed by atoms with van der Waals surface area (Å²) < 4.78 is 0. The average Bonchev–Trinajstić information content (AvgIpc) is 3.07. The maximum Gasteiger partial charge on any atom is 4.00 e. The number of hydrogen-bond donors (Lipinski definition) is 0. The number of hydrogen-bond acceptors (Lipinski definition) is 2. The van der Waals surface area contributed by atoms with Crippen molar-refractivity contribution >= 4 is 47.8 Å². The van der Waals surface area contributed by atoms with E-state index in [1.54, 1.807) is 0 Å². The molecule has 0 aliphatic carbocycles. The van der Waals surface area contributed by atoms with Crippen LogP contribution in [0.5, 0.6) is 0 Å². The minimum absolute atomic E-state index is 0. The van der Waals surface area contributed by atoms with Crippen molar-refractivity contribution in [2.75, 3.05) is 0 Å². The Balaban J connectivity index is 0.000000281. The van der Waals surface area contributed by atoms with Gasteiger partial charge in [-0.3, -0.25) is 0 Å². The quantitative estimate of drug-likeness (QED) is 0.127. The van der Waals surface area contributed by atoms with Gasteiger partial charge in [0.05, 0.1) is 16.6 Å². The molecule has 0 aliphatic rings.